The van der Waals surface area contributed by atoms with Crippen LogP contribution in [0, 0.1) is 0 Å². The van der Waals surface area contributed by atoms with Gasteiger partial charge in [-0.3, -0.25) is 4.68 Å². The molecule has 0 radical (unpaired) electrons. The van der Waals surface area contributed by atoms with E-state index in [1.807, 2.05) is 17.9 Å². The fourth-order valence-corrected chi connectivity index (χ4v) is 1.25. The minimum Gasteiger partial charge on any atom is -0.319 e. The van der Waals surface area contributed by atoms with Gasteiger partial charge in [0.15, 0.2) is 0 Å². The van der Waals surface area contributed by atoms with Gasteiger partial charge in [0, 0.05) is 12.7 Å². The third-order valence-corrected chi connectivity index (χ3v) is 2.09. The fraction of sp³-hybridized carbons (Fsp3) is 0.545. The van der Waals surface area contributed by atoms with Gasteiger partial charge in [-0.15, -0.1) is 0 Å². The van der Waals surface area contributed by atoms with Crippen molar-refractivity contribution in [3.63, 3.8) is 0 Å². The molecule has 0 spiro atoms. The van der Waals surface area contributed by atoms with Gasteiger partial charge in [-0.2, -0.15) is 5.10 Å². The van der Waals surface area contributed by atoms with Gasteiger partial charge in [0.25, 0.3) is 0 Å². The van der Waals surface area contributed by atoms with Crippen LogP contribution in [0.15, 0.2) is 24.5 Å². The Kier molecular flexibility index (Phi) is 5.00. The van der Waals surface area contributed by atoms with Crippen molar-refractivity contribution in [2.75, 3.05) is 13.6 Å². The number of rotatable bonds is 6. The normalized spacial score (nSPS) is 11.3. The number of nitrogens with zero attached hydrogens (tertiary/aromatic N) is 2. The molecule has 1 aromatic heterocycles. The molecule has 0 aromatic carbocycles. The quantitative estimate of drug-likeness (QED) is 0.549. The Balaban J connectivity index is 2.27. The van der Waals surface area contributed by atoms with Crippen molar-refractivity contribution >= 4 is 0 Å². The molecule has 1 aromatic rings. The van der Waals surface area contributed by atoms with Crippen LogP contribution < -0.4 is 5.32 Å². The molecule has 78 valence electrons. The second-order valence-electron chi connectivity index (χ2n) is 3.27. The molecule has 0 saturated carbocycles. The molecule has 0 bridgehead atoms. The van der Waals surface area contributed by atoms with E-state index in [0.29, 0.717) is 0 Å². The van der Waals surface area contributed by atoms with Gasteiger partial charge in [-0.05, 0) is 38.9 Å². The molecule has 0 aliphatic heterocycles. The summed E-state index contributed by atoms with van der Waals surface area (Å²) in [5.74, 6) is 0. The maximum atomic E-state index is 4.22. The third kappa shape index (κ3) is 3.75. The van der Waals surface area contributed by atoms with Crippen LogP contribution in [0.5, 0.6) is 0 Å². The van der Waals surface area contributed by atoms with Gasteiger partial charge in [0.1, 0.15) is 0 Å². The summed E-state index contributed by atoms with van der Waals surface area (Å²) < 4.78 is 1.96. The molecule has 0 aliphatic rings. The van der Waals surface area contributed by atoms with Crippen molar-refractivity contribution in [1.82, 2.24) is 15.1 Å². The Bertz CT molecular complexity index is 276. The van der Waals surface area contributed by atoms with E-state index in [0.717, 1.165) is 25.9 Å². The van der Waals surface area contributed by atoms with Crippen molar-refractivity contribution in [3.8, 4) is 0 Å². The van der Waals surface area contributed by atoms with E-state index >= 15 is 0 Å². The summed E-state index contributed by atoms with van der Waals surface area (Å²) in [5.41, 5.74) is 1.28. The predicted molar refractivity (Wildman–Crippen MR) is 59.3 cm³/mol. The predicted octanol–water partition coefficient (Wildman–Crippen LogP) is 1.61. The maximum absolute atomic E-state index is 4.22. The molecule has 0 amide bonds. The standard InChI is InChI=1S/C11H19N3/c1-3-14-10-11(9-13-14)7-5-4-6-8-12-2/h4-5,9-10,12H,3,6-8H2,1-2H3. The molecular weight excluding hydrogens is 174 g/mol. The number of nitrogens with one attached hydrogen (secondary N) is 1. The van der Waals surface area contributed by atoms with Gasteiger partial charge in [0.05, 0.1) is 6.20 Å². The summed E-state index contributed by atoms with van der Waals surface area (Å²) in [7, 11) is 1.97. The summed E-state index contributed by atoms with van der Waals surface area (Å²) in [6, 6.07) is 0. The summed E-state index contributed by atoms with van der Waals surface area (Å²) in [6.07, 6.45) is 10.5. The monoisotopic (exact) mass is 193 g/mol. The summed E-state index contributed by atoms with van der Waals surface area (Å²) >= 11 is 0. The molecule has 1 heterocycles. The molecular formula is C11H19N3. The van der Waals surface area contributed by atoms with Crippen molar-refractivity contribution in [3.05, 3.63) is 30.1 Å². The minimum absolute atomic E-state index is 0.948. The smallest absolute Gasteiger partial charge is 0.0524 e. The molecule has 1 N–H and O–H groups in total. The van der Waals surface area contributed by atoms with Crippen molar-refractivity contribution < 1.29 is 0 Å². The van der Waals surface area contributed by atoms with E-state index in [4.69, 9.17) is 0 Å². The van der Waals surface area contributed by atoms with Crippen molar-refractivity contribution in [2.45, 2.75) is 26.3 Å². The summed E-state index contributed by atoms with van der Waals surface area (Å²) in [5, 5.41) is 7.33. The zero-order valence-electron chi connectivity index (χ0n) is 9.03. The number of aryl methyl sites for hydroxylation is 1. The van der Waals surface area contributed by atoms with Crippen LogP contribution >= 0.6 is 0 Å². The van der Waals surface area contributed by atoms with E-state index in [-0.39, 0.29) is 0 Å². The van der Waals surface area contributed by atoms with E-state index in [9.17, 15) is 0 Å². The molecule has 0 fully saturated rings. The first-order chi connectivity index (χ1) is 6.86. The Hall–Kier alpha value is -1.09. The highest BCUT2D eigenvalue weighted by Crippen LogP contribution is 1.99. The van der Waals surface area contributed by atoms with Crippen LogP contribution in [0.2, 0.25) is 0 Å². The lowest BCUT2D eigenvalue weighted by atomic mass is 10.2. The average molecular weight is 193 g/mol. The lowest BCUT2D eigenvalue weighted by Gasteiger charge is -1.92. The zero-order chi connectivity index (χ0) is 10.2. The van der Waals surface area contributed by atoms with Gasteiger partial charge in [-0.1, -0.05) is 12.2 Å². The van der Waals surface area contributed by atoms with E-state index in [1.54, 1.807) is 0 Å². The van der Waals surface area contributed by atoms with Gasteiger partial charge >= 0.3 is 0 Å². The Morgan fingerprint density at radius 1 is 1.50 bits per heavy atom. The zero-order valence-corrected chi connectivity index (χ0v) is 9.03. The molecule has 3 heteroatoms. The number of hydrogen-bond donors (Lipinski definition) is 1. The molecule has 0 unspecified atom stereocenters. The second kappa shape index (κ2) is 6.38. The highest BCUT2D eigenvalue weighted by Gasteiger charge is 1.93. The van der Waals surface area contributed by atoms with E-state index in [1.165, 1.54) is 5.56 Å². The van der Waals surface area contributed by atoms with Crippen LogP contribution in [-0.4, -0.2) is 23.4 Å². The second-order valence-corrected chi connectivity index (χ2v) is 3.27. The van der Waals surface area contributed by atoms with Crippen LogP contribution in [-0.2, 0) is 13.0 Å². The van der Waals surface area contributed by atoms with Crippen LogP contribution in [0.25, 0.3) is 0 Å². The largest absolute Gasteiger partial charge is 0.319 e. The van der Waals surface area contributed by atoms with Crippen molar-refractivity contribution in [1.29, 1.82) is 0 Å². The first-order valence-corrected chi connectivity index (χ1v) is 5.17. The molecule has 3 nitrogen and oxygen atoms in total. The highest BCUT2D eigenvalue weighted by atomic mass is 15.3. The maximum Gasteiger partial charge on any atom is 0.0524 e. The first-order valence-electron chi connectivity index (χ1n) is 5.17. The minimum atomic E-state index is 0.948. The van der Waals surface area contributed by atoms with Crippen LogP contribution in [0.1, 0.15) is 18.9 Å². The first kappa shape index (κ1) is 11.0. The molecule has 14 heavy (non-hydrogen) atoms. The van der Waals surface area contributed by atoms with Gasteiger partial charge in [0.2, 0.25) is 0 Å². The molecule has 0 aliphatic carbocycles. The Morgan fingerprint density at radius 3 is 3.00 bits per heavy atom. The van der Waals surface area contributed by atoms with Gasteiger partial charge in [-0.25, -0.2) is 0 Å². The SMILES string of the molecule is CCn1cc(CC=CCCNC)cn1. The molecule has 0 saturated heterocycles. The topological polar surface area (TPSA) is 29.9 Å². The molecule has 1 rings (SSSR count). The van der Waals surface area contributed by atoms with Crippen molar-refractivity contribution in [2.24, 2.45) is 0 Å². The van der Waals surface area contributed by atoms with Crippen LogP contribution in [0.3, 0.4) is 0 Å². The number of hydrogen-bond acceptors (Lipinski definition) is 2. The molecule has 0 atom stereocenters. The fourth-order valence-electron chi connectivity index (χ4n) is 1.25. The van der Waals surface area contributed by atoms with Gasteiger partial charge < -0.3 is 5.32 Å². The Morgan fingerprint density at radius 2 is 2.36 bits per heavy atom. The summed E-state index contributed by atoms with van der Waals surface area (Å²) in [4.78, 5) is 0. The van der Waals surface area contributed by atoms with E-state index < -0.39 is 0 Å². The van der Waals surface area contributed by atoms with Crippen LogP contribution in [0.4, 0.5) is 0 Å². The number of allylic oxidation sites excluding steroid dienone is 1. The summed E-state index contributed by atoms with van der Waals surface area (Å²) in [6.45, 7) is 4.09. The van der Waals surface area contributed by atoms with E-state index in [2.05, 4.69) is 35.7 Å². The lowest BCUT2D eigenvalue weighted by Crippen LogP contribution is -2.05. The third-order valence-electron chi connectivity index (χ3n) is 2.09. The average Bonchev–Trinajstić information content (AvgIpc) is 2.65. The lowest BCUT2D eigenvalue weighted by molar-refractivity contribution is 0.659. The Labute approximate surface area is 85.8 Å². The number of aromatic nitrogens is 2. The highest BCUT2D eigenvalue weighted by molar-refractivity contribution is 5.09.